The van der Waals surface area contributed by atoms with E-state index in [9.17, 15) is 0 Å². The van der Waals surface area contributed by atoms with Crippen molar-refractivity contribution in [1.29, 1.82) is 0 Å². The van der Waals surface area contributed by atoms with Crippen molar-refractivity contribution >= 4 is 0 Å². The van der Waals surface area contributed by atoms with Crippen LogP contribution in [0.4, 0.5) is 0 Å². The molecule has 12 N–H and O–H groups in total. The van der Waals surface area contributed by atoms with Crippen molar-refractivity contribution in [3.63, 3.8) is 0 Å². The molecule has 0 saturated carbocycles. The van der Waals surface area contributed by atoms with Gasteiger partial charge < -0.3 is 83.2 Å². The fourth-order valence-corrected chi connectivity index (χ4v) is 2.54. The monoisotopic (exact) mass is 774 g/mol. The zero-order valence-electron chi connectivity index (χ0n) is 24.6. The Bertz CT molecular complexity index is 1240. The van der Waals surface area contributed by atoms with Gasteiger partial charge in [-0.05, 0) is 84.6 Å². The number of aryl methyl sites for hydroxylation is 2. The predicted octanol–water partition coefficient (Wildman–Crippen LogP) is 0.255. The molecule has 0 aliphatic carbocycles. The fraction of sp³-hybridized carbons (Fsp3) is 0.0909. The van der Waals surface area contributed by atoms with Crippen LogP contribution in [0.2, 0.25) is 0 Å². The second-order valence-corrected chi connectivity index (χ2v) is 6.74. The van der Waals surface area contributed by atoms with E-state index in [0.717, 1.165) is 11.4 Å². The summed E-state index contributed by atoms with van der Waals surface area (Å²) in [4.78, 5) is 49.3. The van der Waals surface area contributed by atoms with Crippen molar-refractivity contribution in [2.75, 3.05) is 0 Å². The predicted molar refractivity (Wildman–Crippen MR) is 165 cm³/mol. The summed E-state index contributed by atoms with van der Waals surface area (Å²) < 4.78 is 0. The summed E-state index contributed by atoms with van der Waals surface area (Å²) in [5.74, 6) is 0. The summed E-state index contributed by atoms with van der Waals surface area (Å²) in [6.07, 6.45) is 10.8. The molecular formula is C22H32Mn2N8O16+4. The van der Waals surface area contributed by atoms with Crippen molar-refractivity contribution in [2.45, 2.75) is 13.8 Å². The molecule has 24 nitrogen and oxygen atoms in total. The van der Waals surface area contributed by atoms with Gasteiger partial charge in [0.1, 0.15) is 0 Å². The minimum Gasteiger partial charge on any atom is -0.457 e. The van der Waals surface area contributed by atoms with E-state index in [0.29, 0.717) is 0 Å². The molecule has 0 bridgehead atoms. The Kier molecular flexibility index (Phi) is 47.9. The van der Waals surface area contributed by atoms with Gasteiger partial charge in [-0.15, -0.1) is 0 Å². The molecule has 0 amide bonds. The quantitative estimate of drug-likeness (QED) is 0.114. The standard InChI is InChI=1S/2C11H10N2.2Mn.4NO3.4H2O/c2*1-9-8-11(4-7-13-9)10-2-5-12-6-3-10;;;4*2-1(3)4;;;;/h2*2-8H,1H3;;;;;;;4*1H2/q;;2*+2;4*-1;;;;/p+4. The number of rotatable bonds is 2. The van der Waals surface area contributed by atoms with E-state index in [1.54, 1.807) is 24.8 Å². The largest absolute Gasteiger partial charge is 2.00 e. The van der Waals surface area contributed by atoms with Gasteiger partial charge in [-0.25, -0.2) is 0 Å². The maximum Gasteiger partial charge on any atom is 2.00 e. The summed E-state index contributed by atoms with van der Waals surface area (Å²) >= 11 is 0. The number of nitrogens with zero attached hydrogens (tertiary/aromatic N) is 8. The van der Waals surface area contributed by atoms with Gasteiger partial charge in [0.25, 0.3) is 0 Å². The first-order valence-corrected chi connectivity index (χ1v) is 10.6. The van der Waals surface area contributed by atoms with Gasteiger partial charge in [-0.1, -0.05) is 0 Å². The molecule has 4 heterocycles. The summed E-state index contributed by atoms with van der Waals surface area (Å²) in [6.45, 7) is 3.98. The Labute approximate surface area is 290 Å². The number of hydrogen-bond donors (Lipinski definition) is 0. The first-order chi connectivity index (χ1) is 19.6. The molecule has 4 rings (SSSR count). The van der Waals surface area contributed by atoms with E-state index < -0.39 is 20.3 Å². The molecule has 0 atom stereocenters. The van der Waals surface area contributed by atoms with Crippen LogP contribution < -0.4 is 0 Å². The molecule has 0 aliphatic rings. The molecule has 0 saturated heterocycles. The molecule has 48 heavy (non-hydrogen) atoms. The van der Waals surface area contributed by atoms with E-state index in [4.69, 9.17) is 61.3 Å². The molecule has 2 radical (unpaired) electrons. The summed E-state index contributed by atoms with van der Waals surface area (Å²) in [5, 5.41) is 59.0. The number of aromatic nitrogens is 4. The van der Waals surface area contributed by atoms with Crippen molar-refractivity contribution < 1.29 is 76.4 Å². The van der Waals surface area contributed by atoms with Crippen LogP contribution in [0.5, 0.6) is 0 Å². The van der Waals surface area contributed by atoms with Crippen LogP contribution in [-0.4, -0.2) is 40.3 Å². The van der Waals surface area contributed by atoms with Gasteiger partial charge in [0, 0.05) is 48.6 Å². The third kappa shape index (κ3) is 42.4. The smallest absolute Gasteiger partial charge is 0.457 e. The molecule has 266 valence electrons. The SMILES string of the molecule is Cc1cc(-c2ccncc2)ccn1.Cc1cc(-c2ccncc2)ccn1.O=[N+]([O-])[O-].O=[N+]([O-])[O-].O=[N+]([O-])[O-].O=[N+]([O-])[O-].[Mn+2].[Mn+2].[OH3+].[OH3+].[OH3+].[OH3+]. The molecule has 0 unspecified atom stereocenters. The fourth-order valence-electron chi connectivity index (χ4n) is 2.54. The van der Waals surface area contributed by atoms with Gasteiger partial charge >= 0.3 is 34.1 Å². The van der Waals surface area contributed by atoms with E-state index in [-0.39, 0.29) is 56.0 Å². The van der Waals surface area contributed by atoms with E-state index in [1.807, 2.05) is 62.6 Å². The Morgan fingerprint density at radius 2 is 0.604 bits per heavy atom. The Morgan fingerprint density at radius 3 is 0.792 bits per heavy atom. The molecule has 26 heteroatoms. The van der Waals surface area contributed by atoms with Crippen LogP contribution in [0.15, 0.2) is 85.7 Å². The maximum absolute atomic E-state index is 8.25. The van der Waals surface area contributed by atoms with Gasteiger partial charge in [0.15, 0.2) is 0 Å². The van der Waals surface area contributed by atoms with Crippen LogP contribution in [0.3, 0.4) is 0 Å². The zero-order chi connectivity index (χ0) is 32.5. The first-order valence-electron chi connectivity index (χ1n) is 10.6. The van der Waals surface area contributed by atoms with E-state index >= 15 is 0 Å². The van der Waals surface area contributed by atoms with Crippen molar-refractivity contribution in [1.82, 2.24) is 19.9 Å². The molecule has 0 fully saturated rings. The summed E-state index contributed by atoms with van der Waals surface area (Å²) in [6, 6.07) is 16.1. The maximum atomic E-state index is 8.25. The number of pyridine rings is 4. The van der Waals surface area contributed by atoms with Gasteiger partial charge in [-0.3, -0.25) is 19.9 Å². The topological polar surface area (TPSA) is 448 Å². The third-order valence-electron chi connectivity index (χ3n) is 3.82. The van der Waals surface area contributed by atoms with Crippen LogP contribution >= 0.6 is 0 Å². The van der Waals surface area contributed by atoms with Crippen molar-refractivity contribution in [3.05, 3.63) is 158 Å². The van der Waals surface area contributed by atoms with Gasteiger partial charge in [-0.2, -0.15) is 0 Å². The molecule has 0 aliphatic heterocycles. The van der Waals surface area contributed by atoms with Gasteiger partial charge in [0.2, 0.25) is 0 Å². The zero-order valence-corrected chi connectivity index (χ0v) is 27.0. The second-order valence-electron chi connectivity index (χ2n) is 6.74. The van der Waals surface area contributed by atoms with Crippen LogP contribution in [0.25, 0.3) is 22.3 Å². The Balaban J connectivity index is -0.0000000715. The normalized spacial score (nSPS) is 7.38. The number of hydrogen-bond acceptors (Lipinski definition) is 16. The molecular weight excluding hydrogens is 742 g/mol. The average Bonchev–Trinajstić information content (AvgIpc) is 2.89. The summed E-state index contributed by atoms with van der Waals surface area (Å²) in [7, 11) is 0. The van der Waals surface area contributed by atoms with Crippen LogP contribution in [-0.2, 0) is 56.0 Å². The first kappa shape index (κ1) is 61.3. The minimum absolute atomic E-state index is 0. The van der Waals surface area contributed by atoms with Crippen LogP contribution in [0, 0.1) is 75.1 Å². The molecule has 0 aromatic carbocycles. The minimum atomic E-state index is -1.75. The van der Waals surface area contributed by atoms with Crippen LogP contribution in [0.1, 0.15) is 11.4 Å². The third-order valence-corrected chi connectivity index (χ3v) is 3.82. The van der Waals surface area contributed by atoms with Crippen molar-refractivity contribution in [3.8, 4) is 22.3 Å². The molecule has 4 aromatic heterocycles. The van der Waals surface area contributed by atoms with E-state index in [1.165, 1.54) is 22.3 Å². The van der Waals surface area contributed by atoms with Gasteiger partial charge in [0.05, 0.1) is 20.3 Å². The molecule has 0 spiro atoms. The Hall–Kier alpha value is -5.72. The second kappa shape index (κ2) is 37.5. The summed E-state index contributed by atoms with van der Waals surface area (Å²) in [5.41, 5.74) is 6.81. The van der Waals surface area contributed by atoms with E-state index in [2.05, 4.69) is 32.1 Å². The van der Waals surface area contributed by atoms with Crippen molar-refractivity contribution in [2.24, 2.45) is 0 Å². The Morgan fingerprint density at radius 1 is 0.417 bits per heavy atom. The molecule has 4 aromatic rings. The average molecular weight is 774 g/mol.